The number of benzene rings is 2. The summed E-state index contributed by atoms with van der Waals surface area (Å²) in [5.41, 5.74) is 6.92. The SMILES string of the molecule is C=C(C)[C@@H](C(=O)N[C@H]1Cc2cc(O)cc(c2)-c2ccc3c(c2)c(c(-c2cccnc2[C@H](C)OC)n3CC)CC(C)(C)COC(=O)[C@@H]2CCCN(N2)C1=O)N(C)C(=O)[C@@]1(F)CCN(C(=O)[C@@H]2CN2)C1. The molecule has 6 heterocycles. The number of likely N-dealkylation sites (N-methyl/N-ethyl adjacent to an activating group) is 1. The number of hydrogen-bond donors (Lipinski definition) is 4. The summed E-state index contributed by atoms with van der Waals surface area (Å²) in [6.45, 7) is 14.7. The van der Waals surface area contributed by atoms with Crippen molar-refractivity contribution in [2.75, 3.05) is 46.9 Å². The van der Waals surface area contributed by atoms with Crippen LogP contribution in [0.4, 0.5) is 4.39 Å². The number of methoxy groups -OCH3 is 1. The van der Waals surface area contributed by atoms with Gasteiger partial charge in [-0.2, -0.15) is 0 Å². The van der Waals surface area contributed by atoms with E-state index in [9.17, 15) is 29.1 Å². The van der Waals surface area contributed by atoms with E-state index in [1.54, 1.807) is 19.4 Å². The normalized spacial score (nSPS) is 23.6. The second-order valence-corrected chi connectivity index (χ2v) is 19.6. The minimum Gasteiger partial charge on any atom is -0.508 e. The molecule has 16 nitrogen and oxygen atoms in total. The lowest BCUT2D eigenvalue weighted by molar-refractivity contribution is -0.155. The van der Waals surface area contributed by atoms with E-state index in [4.69, 9.17) is 14.5 Å². The first-order valence-electron chi connectivity index (χ1n) is 23.5. The first kappa shape index (κ1) is 48.3. The average Bonchev–Trinajstić information content (AvgIpc) is 4.03. The Labute approximate surface area is 396 Å². The fourth-order valence-electron chi connectivity index (χ4n) is 10.1. The van der Waals surface area contributed by atoms with Gasteiger partial charge in [-0.3, -0.25) is 34.0 Å². The quantitative estimate of drug-likeness (QED) is 0.0972. The molecule has 4 aliphatic rings. The summed E-state index contributed by atoms with van der Waals surface area (Å²) in [7, 11) is 2.96. The number of phenolic OH excluding ortho intramolecular Hbond substituents is 1. The molecule has 0 aliphatic carbocycles. The molecule has 3 saturated heterocycles. The summed E-state index contributed by atoms with van der Waals surface area (Å²) >= 11 is 0. The number of likely N-dealkylation sites (tertiary alicyclic amines) is 1. The largest absolute Gasteiger partial charge is 0.508 e. The molecule has 6 atom stereocenters. The molecule has 0 spiro atoms. The van der Waals surface area contributed by atoms with Crippen LogP contribution >= 0.6 is 0 Å². The number of fused-ring (bicyclic) bond motifs is 6. The van der Waals surface area contributed by atoms with Crippen LogP contribution in [0.5, 0.6) is 5.75 Å². The van der Waals surface area contributed by atoms with Crippen LogP contribution in [0, 0.1) is 5.41 Å². The minimum absolute atomic E-state index is 0.0522. The van der Waals surface area contributed by atoms with Gasteiger partial charge in [0, 0.05) is 81.3 Å². The molecule has 6 bridgehead atoms. The van der Waals surface area contributed by atoms with Crippen LogP contribution in [0.2, 0.25) is 0 Å². The van der Waals surface area contributed by atoms with E-state index in [0.717, 1.165) is 43.9 Å². The molecule has 0 unspecified atom stereocenters. The molecule has 4 N–H and O–H groups in total. The monoisotopic (exact) mass is 934 g/mol. The van der Waals surface area contributed by atoms with Gasteiger partial charge >= 0.3 is 5.97 Å². The van der Waals surface area contributed by atoms with Crippen molar-refractivity contribution in [2.24, 2.45) is 5.41 Å². The number of amides is 4. The predicted molar refractivity (Wildman–Crippen MR) is 254 cm³/mol. The van der Waals surface area contributed by atoms with E-state index >= 15 is 4.39 Å². The number of rotatable bonds is 10. The van der Waals surface area contributed by atoms with Crippen LogP contribution in [-0.2, 0) is 52.8 Å². The molecule has 0 radical (unpaired) electrons. The number of aromatic hydroxyl groups is 1. The lowest BCUT2D eigenvalue weighted by Crippen LogP contribution is -2.62. The summed E-state index contributed by atoms with van der Waals surface area (Å²) in [6, 6.07) is 11.2. The number of aromatic nitrogens is 2. The number of cyclic esters (lactones) is 1. The summed E-state index contributed by atoms with van der Waals surface area (Å²) in [5, 5.41) is 19.4. The maximum absolute atomic E-state index is 16.5. The van der Waals surface area contributed by atoms with E-state index in [-0.39, 0.29) is 61.9 Å². The van der Waals surface area contributed by atoms with E-state index in [1.807, 2.05) is 25.1 Å². The summed E-state index contributed by atoms with van der Waals surface area (Å²) < 4.78 is 30.6. The van der Waals surface area contributed by atoms with Crippen molar-refractivity contribution in [2.45, 2.75) is 109 Å². The smallest absolute Gasteiger partial charge is 0.324 e. The molecule has 17 heteroatoms. The fourth-order valence-corrected chi connectivity index (χ4v) is 10.1. The summed E-state index contributed by atoms with van der Waals surface area (Å²) in [4.78, 5) is 76.9. The molecule has 2 aromatic heterocycles. The standard InChI is InChI=1S/C51H63FN8O8/c1-9-59-41-15-14-32-24-36(41)37(44(59)35-12-10-17-53-42(35)30(4)67-8)25-50(5,6)28-68-48(65)38-13-11-18-60(56-38)47(64)39(22-31-20-33(32)23-34(61)21-31)55-45(62)43(29(2)3)57(7)49(66)51(52)16-19-58(27-51)46(63)40-26-54-40/h10,12,14-15,17,20-21,23-24,30,38-40,43,54,56,61H,2,9,11,13,16,18-19,22,25-28H2,1,3-8H3,(H,55,62)/t30-,38-,39-,40-,43-,51+/m0/s1. The van der Waals surface area contributed by atoms with Crippen LogP contribution in [0.25, 0.3) is 33.3 Å². The maximum Gasteiger partial charge on any atom is 0.324 e. The van der Waals surface area contributed by atoms with Crippen LogP contribution in [0.15, 0.2) is 66.9 Å². The number of hydrazine groups is 1. The highest BCUT2D eigenvalue weighted by Gasteiger charge is 2.51. The highest BCUT2D eigenvalue weighted by molar-refractivity contribution is 5.97. The molecular weight excluding hydrogens is 872 g/mol. The summed E-state index contributed by atoms with van der Waals surface area (Å²) in [6.07, 6.45) is 2.47. The Morgan fingerprint density at radius 1 is 1.13 bits per heavy atom. The highest BCUT2D eigenvalue weighted by atomic mass is 19.1. The van der Waals surface area contributed by atoms with Crippen molar-refractivity contribution in [1.82, 2.24) is 40.4 Å². The maximum atomic E-state index is 16.5. The first-order valence-corrected chi connectivity index (χ1v) is 23.5. The van der Waals surface area contributed by atoms with Gasteiger partial charge in [-0.05, 0) is 104 Å². The topological polar surface area (TPSA) is 198 Å². The molecule has 362 valence electrons. The molecule has 0 saturated carbocycles. The van der Waals surface area contributed by atoms with Crippen molar-refractivity contribution in [3.05, 3.63) is 83.7 Å². The number of hydrogen-bond acceptors (Lipinski definition) is 11. The number of carbonyl (C=O) groups excluding carboxylic acids is 5. The lowest BCUT2D eigenvalue weighted by Gasteiger charge is -2.37. The zero-order chi connectivity index (χ0) is 48.8. The molecule has 3 fully saturated rings. The van der Waals surface area contributed by atoms with Gasteiger partial charge in [-0.25, -0.2) is 9.82 Å². The lowest BCUT2D eigenvalue weighted by atomic mass is 9.84. The Hall–Kier alpha value is -6.17. The van der Waals surface area contributed by atoms with Crippen molar-refractivity contribution in [3.8, 4) is 28.1 Å². The Bertz CT molecular complexity index is 2660. The molecule has 8 rings (SSSR count). The molecule has 2 aromatic carbocycles. The van der Waals surface area contributed by atoms with Gasteiger partial charge in [0.1, 0.15) is 23.9 Å². The number of aryl methyl sites for hydroxylation is 1. The third-order valence-corrected chi connectivity index (χ3v) is 13.7. The Balaban J connectivity index is 1.19. The average molecular weight is 935 g/mol. The second kappa shape index (κ2) is 19.1. The van der Waals surface area contributed by atoms with Gasteiger partial charge in [0.15, 0.2) is 0 Å². The van der Waals surface area contributed by atoms with E-state index < -0.39 is 59.4 Å². The van der Waals surface area contributed by atoms with E-state index in [1.165, 1.54) is 29.9 Å². The summed E-state index contributed by atoms with van der Waals surface area (Å²) in [5.74, 6) is -3.21. The van der Waals surface area contributed by atoms with Crippen molar-refractivity contribution in [3.63, 3.8) is 0 Å². The Kier molecular flexibility index (Phi) is 13.6. The van der Waals surface area contributed by atoms with Crippen LogP contribution in [0.1, 0.15) is 76.8 Å². The zero-order valence-electron chi connectivity index (χ0n) is 40.0. The Morgan fingerprint density at radius 2 is 1.90 bits per heavy atom. The number of ether oxygens (including phenoxy) is 2. The van der Waals surface area contributed by atoms with Gasteiger partial charge in [0.05, 0.1) is 36.7 Å². The molecule has 68 heavy (non-hydrogen) atoms. The van der Waals surface area contributed by atoms with Gasteiger partial charge in [-0.15, -0.1) is 0 Å². The van der Waals surface area contributed by atoms with Gasteiger partial charge in [0.25, 0.3) is 11.8 Å². The molecule has 4 aliphatic heterocycles. The first-order chi connectivity index (χ1) is 32.3. The van der Waals surface area contributed by atoms with Gasteiger partial charge in [-0.1, -0.05) is 32.6 Å². The van der Waals surface area contributed by atoms with E-state index in [2.05, 4.69) is 66.2 Å². The predicted octanol–water partition coefficient (Wildman–Crippen LogP) is 4.77. The molecular formula is C51H63FN8O8. The van der Waals surface area contributed by atoms with Crippen LogP contribution < -0.4 is 16.1 Å². The number of esters is 1. The number of phenols is 1. The van der Waals surface area contributed by atoms with Crippen molar-refractivity contribution >= 4 is 40.5 Å². The number of alkyl halides is 1. The number of halogens is 1. The number of nitrogens with one attached hydrogen (secondary N) is 3. The second-order valence-electron chi connectivity index (χ2n) is 19.6. The van der Waals surface area contributed by atoms with Crippen molar-refractivity contribution in [1.29, 1.82) is 0 Å². The third kappa shape index (κ3) is 9.60. The van der Waals surface area contributed by atoms with Gasteiger partial charge in [0.2, 0.25) is 17.5 Å². The number of carbonyl (C=O) groups is 5. The van der Waals surface area contributed by atoms with E-state index in [0.29, 0.717) is 43.5 Å². The molecule has 4 amide bonds. The van der Waals surface area contributed by atoms with Crippen molar-refractivity contribution < 1.29 is 42.9 Å². The van der Waals surface area contributed by atoms with Gasteiger partial charge < -0.3 is 39.6 Å². The highest BCUT2D eigenvalue weighted by Crippen LogP contribution is 2.42. The number of pyridine rings is 1. The van der Waals surface area contributed by atoms with Crippen LogP contribution in [0.3, 0.4) is 0 Å². The third-order valence-electron chi connectivity index (χ3n) is 13.7. The molecule has 4 aromatic rings. The zero-order valence-corrected chi connectivity index (χ0v) is 40.0. The minimum atomic E-state index is -2.44. The fraction of sp³-hybridized carbons (Fsp3) is 0.490. The number of nitrogens with zero attached hydrogens (tertiary/aromatic N) is 5. The Morgan fingerprint density at radius 3 is 2.60 bits per heavy atom. The van der Waals surface area contributed by atoms with Crippen LogP contribution in [-0.4, -0.2) is 136 Å².